The summed E-state index contributed by atoms with van der Waals surface area (Å²) >= 11 is 0. The summed E-state index contributed by atoms with van der Waals surface area (Å²) in [5, 5.41) is 13.2. The number of rotatable bonds is 9. The highest BCUT2D eigenvalue weighted by atomic mass is 32.2. The van der Waals surface area contributed by atoms with Crippen molar-refractivity contribution in [3.05, 3.63) is 101 Å². The minimum absolute atomic E-state index is 0.0878. The number of benzene rings is 3. The lowest BCUT2D eigenvalue weighted by atomic mass is 9.93. The number of nitrogens with zero attached hydrogens (tertiary/aromatic N) is 1. The Labute approximate surface area is 218 Å². The van der Waals surface area contributed by atoms with Gasteiger partial charge in [0.25, 0.3) is 5.91 Å². The van der Waals surface area contributed by atoms with Crippen LogP contribution in [0.5, 0.6) is 0 Å². The van der Waals surface area contributed by atoms with Crippen molar-refractivity contribution in [1.29, 1.82) is 0 Å². The molecule has 0 bridgehead atoms. The molecule has 1 amide bonds. The number of hydrogen-bond acceptors (Lipinski definition) is 4. The summed E-state index contributed by atoms with van der Waals surface area (Å²) in [6.45, 7) is 1.97. The minimum atomic E-state index is -1.16. The molecule has 0 saturated heterocycles. The number of nitrogens with one attached hydrogen (secondary N) is 1. The van der Waals surface area contributed by atoms with Crippen LogP contribution in [0.3, 0.4) is 0 Å². The molecule has 2 atom stereocenters. The molecule has 0 aliphatic rings. The molecule has 4 rings (SSSR count). The lowest BCUT2D eigenvalue weighted by molar-refractivity contribution is -0.139. The van der Waals surface area contributed by atoms with Crippen molar-refractivity contribution in [3.63, 3.8) is 0 Å². The van der Waals surface area contributed by atoms with Gasteiger partial charge in [-0.05, 0) is 65.4 Å². The van der Waals surface area contributed by atoms with Crippen LogP contribution < -0.4 is 5.32 Å². The van der Waals surface area contributed by atoms with Crippen LogP contribution in [0.15, 0.2) is 79.0 Å². The van der Waals surface area contributed by atoms with Gasteiger partial charge in [-0.25, -0.2) is 4.79 Å². The van der Waals surface area contributed by atoms with Gasteiger partial charge in [-0.1, -0.05) is 60.7 Å². The number of aliphatic carboxylic acids is 1. The van der Waals surface area contributed by atoms with Crippen molar-refractivity contribution < 1.29 is 18.9 Å². The lowest BCUT2D eigenvalue weighted by Crippen LogP contribution is -2.41. The van der Waals surface area contributed by atoms with Crippen LogP contribution in [0.4, 0.5) is 0 Å². The summed E-state index contributed by atoms with van der Waals surface area (Å²) < 4.78 is 11.5. The van der Waals surface area contributed by atoms with Crippen molar-refractivity contribution in [2.45, 2.75) is 19.4 Å². The quantitative estimate of drug-likeness (QED) is 0.316. The Balaban J connectivity index is 1.67. The number of para-hydroxylation sites is 1. The van der Waals surface area contributed by atoms with Gasteiger partial charge in [0.2, 0.25) is 0 Å². The second-order valence-electron chi connectivity index (χ2n) is 8.84. The average molecular weight is 513 g/mol. The van der Waals surface area contributed by atoms with Gasteiger partial charge >= 0.3 is 5.97 Å². The number of carbonyl (C=O) groups excluding carboxylic acids is 1. The van der Waals surface area contributed by atoms with Crippen LogP contribution in [0.1, 0.15) is 33.5 Å². The first-order valence-corrected chi connectivity index (χ1v) is 13.6. The van der Waals surface area contributed by atoms with Crippen molar-refractivity contribution >= 4 is 45.7 Å². The van der Waals surface area contributed by atoms with E-state index in [4.69, 9.17) is 0 Å². The number of carboxylic acid groups (broad SMARTS) is 1. The summed E-state index contributed by atoms with van der Waals surface area (Å²) in [5.74, 6) is -1.45. The highest BCUT2D eigenvalue weighted by Crippen LogP contribution is 2.29. The molecule has 0 aliphatic carbocycles. The monoisotopic (exact) mass is 512 g/mol. The van der Waals surface area contributed by atoms with Gasteiger partial charge in [-0.2, -0.15) is 0 Å². The third-order valence-corrected chi connectivity index (χ3v) is 6.91. The van der Waals surface area contributed by atoms with E-state index in [1.54, 1.807) is 6.07 Å². The predicted molar refractivity (Wildman–Crippen MR) is 150 cm³/mol. The van der Waals surface area contributed by atoms with Gasteiger partial charge in [0.15, 0.2) is 0 Å². The van der Waals surface area contributed by atoms with Gasteiger partial charge in [0.1, 0.15) is 6.04 Å². The Morgan fingerprint density at radius 2 is 1.70 bits per heavy atom. The zero-order valence-corrected chi connectivity index (χ0v) is 21.5. The maximum Gasteiger partial charge on any atom is 0.326 e. The molecule has 7 heteroatoms. The summed E-state index contributed by atoms with van der Waals surface area (Å²) in [6, 6.07) is 22.1. The Morgan fingerprint density at radius 1 is 0.973 bits per heavy atom. The molecular weight excluding hydrogens is 484 g/mol. The zero-order valence-electron chi connectivity index (χ0n) is 20.7. The fourth-order valence-electron chi connectivity index (χ4n) is 4.11. The smallest absolute Gasteiger partial charge is 0.326 e. The second-order valence-corrected chi connectivity index (χ2v) is 10.4. The standard InChI is InChI=1S/C30H28N2O4S/c1-20-7-3-5-9-24(20)26-18-21(11-12-22-17-23-8-4-6-10-27(23)31-19-22)13-14-25(26)29(33)32-28(30(34)35)15-16-37(2)36/h3-14,17-19,28H,15-16H2,1-2H3,(H,32,33)(H,34,35)/b12-11+/t28-,37?/m0/s1. The summed E-state index contributed by atoms with van der Waals surface area (Å²) in [7, 11) is -1.16. The molecule has 1 aromatic heterocycles. The topological polar surface area (TPSA) is 96.4 Å². The largest absolute Gasteiger partial charge is 0.480 e. The van der Waals surface area contributed by atoms with Crippen molar-refractivity contribution in [3.8, 4) is 11.1 Å². The summed E-state index contributed by atoms with van der Waals surface area (Å²) in [4.78, 5) is 29.5. The van der Waals surface area contributed by atoms with E-state index in [2.05, 4.69) is 16.4 Å². The van der Waals surface area contributed by atoms with E-state index in [1.807, 2.05) is 85.9 Å². The highest BCUT2D eigenvalue weighted by molar-refractivity contribution is 7.84. The maximum atomic E-state index is 13.2. The van der Waals surface area contributed by atoms with Gasteiger partial charge in [0.05, 0.1) is 5.52 Å². The molecule has 37 heavy (non-hydrogen) atoms. The van der Waals surface area contributed by atoms with Crippen molar-refractivity contribution in [2.75, 3.05) is 12.0 Å². The van der Waals surface area contributed by atoms with E-state index in [0.717, 1.165) is 33.2 Å². The zero-order chi connectivity index (χ0) is 26.4. The Bertz CT molecular complexity index is 1510. The molecule has 2 N–H and O–H groups in total. The number of aromatic nitrogens is 1. The molecular formula is C30H28N2O4S. The lowest BCUT2D eigenvalue weighted by Gasteiger charge is -2.17. The first-order valence-electron chi connectivity index (χ1n) is 11.9. The summed E-state index contributed by atoms with van der Waals surface area (Å²) in [6.07, 6.45) is 7.35. The van der Waals surface area contributed by atoms with Crippen molar-refractivity contribution in [2.24, 2.45) is 0 Å². The first-order chi connectivity index (χ1) is 17.8. The van der Waals surface area contributed by atoms with E-state index in [9.17, 15) is 18.9 Å². The van der Waals surface area contributed by atoms with Crippen LogP contribution in [0, 0.1) is 6.92 Å². The Morgan fingerprint density at radius 3 is 2.46 bits per heavy atom. The first kappa shape index (κ1) is 26.0. The van der Waals surface area contributed by atoms with Crippen LogP contribution in [-0.2, 0) is 15.6 Å². The minimum Gasteiger partial charge on any atom is -0.480 e. The molecule has 4 aromatic rings. The molecule has 0 saturated carbocycles. The molecule has 1 heterocycles. The third kappa shape index (κ3) is 6.57. The normalized spacial score (nSPS) is 12.9. The molecule has 0 radical (unpaired) electrons. The Kier molecular flexibility index (Phi) is 8.25. The number of hydrogen-bond donors (Lipinski definition) is 2. The van der Waals surface area contributed by atoms with Gasteiger partial charge in [0, 0.05) is 40.0 Å². The number of aryl methyl sites for hydroxylation is 1. The van der Waals surface area contributed by atoms with Crippen LogP contribution in [-0.4, -0.2) is 44.2 Å². The average Bonchev–Trinajstić information content (AvgIpc) is 2.89. The third-order valence-electron chi connectivity index (χ3n) is 6.10. The Hall–Kier alpha value is -4.10. The number of pyridine rings is 1. The highest BCUT2D eigenvalue weighted by Gasteiger charge is 2.23. The molecule has 0 fully saturated rings. The number of fused-ring (bicyclic) bond motifs is 1. The fourth-order valence-corrected chi connectivity index (χ4v) is 4.68. The molecule has 188 valence electrons. The van der Waals surface area contributed by atoms with E-state index in [1.165, 1.54) is 6.26 Å². The molecule has 0 spiro atoms. The van der Waals surface area contributed by atoms with Gasteiger partial charge in [-0.15, -0.1) is 0 Å². The van der Waals surface area contributed by atoms with Gasteiger partial charge in [-0.3, -0.25) is 14.0 Å². The van der Waals surface area contributed by atoms with Crippen LogP contribution in [0.2, 0.25) is 0 Å². The van der Waals surface area contributed by atoms with Gasteiger partial charge < -0.3 is 10.4 Å². The number of amides is 1. The predicted octanol–water partition coefficient (Wildman–Crippen LogP) is 5.33. The van der Waals surface area contributed by atoms with Crippen LogP contribution >= 0.6 is 0 Å². The SMILES string of the molecule is Cc1ccccc1-c1cc(/C=C/c2cnc3ccccc3c2)ccc1C(=O)N[C@@H](CCS(C)=O)C(=O)O. The van der Waals surface area contributed by atoms with E-state index in [0.29, 0.717) is 11.1 Å². The molecule has 1 unspecified atom stereocenters. The fraction of sp³-hybridized carbons (Fsp3) is 0.167. The molecule has 3 aromatic carbocycles. The molecule has 0 aliphatic heterocycles. The van der Waals surface area contributed by atoms with Crippen LogP contribution in [0.25, 0.3) is 34.2 Å². The maximum absolute atomic E-state index is 13.2. The second kappa shape index (κ2) is 11.8. The summed E-state index contributed by atoms with van der Waals surface area (Å²) in [5.41, 5.74) is 5.74. The number of carboxylic acids is 1. The van der Waals surface area contributed by atoms with E-state index >= 15 is 0 Å². The number of carbonyl (C=O) groups is 2. The van der Waals surface area contributed by atoms with Crippen molar-refractivity contribution in [1.82, 2.24) is 10.3 Å². The van der Waals surface area contributed by atoms with E-state index < -0.39 is 28.7 Å². The van der Waals surface area contributed by atoms with E-state index in [-0.39, 0.29) is 12.2 Å². The molecule has 6 nitrogen and oxygen atoms in total.